The fourth-order valence-corrected chi connectivity index (χ4v) is 3.01. The lowest BCUT2D eigenvalue weighted by molar-refractivity contribution is -0.0113. The van der Waals surface area contributed by atoms with E-state index in [-0.39, 0.29) is 6.04 Å². The van der Waals surface area contributed by atoms with Gasteiger partial charge in [0.1, 0.15) is 0 Å². The lowest BCUT2D eigenvalue weighted by atomic mass is 9.88. The predicted octanol–water partition coefficient (Wildman–Crippen LogP) is 3.90. The van der Waals surface area contributed by atoms with Crippen molar-refractivity contribution in [1.82, 2.24) is 0 Å². The quantitative estimate of drug-likeness (QED) is 0.892. The van der Waals surface area contributed by atoms with Crippen LogP contribution in [0.4, 0.5) is 0 Å². The highest BCUT2D eigenvalue weighted by Gasteiger charge is 2.22. The number of benzene rings is 1. The summed E-state index contributed by atoms with van der Waals surface area (Å²) in [5, 5.41) is 0. The Hall–Kier alpha value is -0.860. The lowest BCUT2D eigenvalue weighted by Crippen LogP contribution is -2.29. The van der Waals surface area contributed by atoms with Gasteiger partial charge in [0.25, 0.3) is 0 Å². The van der Waals surface area contributed by atoms with Crippen molar-refractivity contribution in [2.24, 2.45) is 11.7 Å². The van der Waals surface area contributed by atoms with Gasteiger partial charge in [-0.1, -0.05) is 43.5 Å². The van der Waals surface area contributed by atoms with Gasteiger partial charge in [-0.05, 0) is 43.7 Å². The molecule has 1 aromatic carbocycles. The van der Waals surface area contributed by atoms with E-state index in [2.05, 4.69) is 39.0 Å². The normalized spacial score (nSPS) is 25.3. The second-order valence-corrected chi connectivity index (χ2v) is 6.10. The Labute approximate surface area is 117 Å². The molecule has 2 rings (SSSR count). The standard InChI is InChI=1S/C17H27NO/c1-12-8-9-13(2)15(10-12)16(18)11-19-17-7-5-4-6-14(17)3/h8-10,14,16-17H,4-7,11,18H2,1-3H3. The van der Waals surface area contributed by atoms with Gasteiger partial charge in [-0.2, -0.15) is 0 Å². The maximum atomic E-state index is 6.30. The molecule has 106 valence electrons. The van der Waals surface area contributed by atoms with Crippen LogP contribution in [0.3, 0.4) is 0 Å². The molecule has 3 unspecified atom stereocenters. The number of hydrogen-bond acceptors (Lipinski definition) is 2. The SMILES string of the molecule is Cc1ccc(C)c(C(N)COC2CCCCC2C)c1. The van der Waals surface area contributed by atoms with Crippen molar-refractivity contribution < 1.29 is 4.74 Å². The summed E-state index contributed by atoms with van der Waals surface area (Å²) >= 11 is 0. The Balaban J connectivity index is 1.93. The first-order valence-corrected chi connectivity index (χ1v) is 7.52. The van der Waals surface area contributed by atoms with Crippen LogP contribution >= 0.6 is 0 Å². The van der Waals surface area contributed by atoms with Crippen molar-refractivity contribution in [2.75, 3.05) is 6.61 Å². The molecule has 0 amide bonds. The molecule has 2 N–H and O–H groups in total. The van der Waals surface area contributed by atoms with Gasteiger partial charge < -0.3 is 10.5 Å². The summed E-state index contributed by atoms with van der Waals surface area (Å²) in [6, 6.07) is 6.46. The van der Waals surface area contributed by atoms with Crippen molar-refractivity contribution in [3.63, 3.8) is 0 Å². The largest absolute Gasteiger partial charge is 0.376 e. The number of nitrogens with two attached hydrogens (primary N) is 1. The first kappa shape index (κ1) is 14.5. The van der Waals surface area contributed by atoms with E-state index >= 15 is 0 Å². The Morgan fingerprint density at radius 3 is 2.74 bits per heavy atom. The van der Waals surface area contributed by atoms with Crippen LogP contribution in [-0.4, -0.2) is 12.7 Å². The molecule has 1 saturated carbocycles. The van der Waals surface area contributed by atoms with E-state index in [0.29, 0.717) is 18.6 Å². The molecule has 0 aliphatic heterocycles. The van der Waals surface area contributed by atoms with Crippen LogP contribution < -0.4 is 5.73 Å². The zero-order chi connectivity index (χ0) is 13.8. The van der Waals surface area contributed by atoms with Gasteiger partial charge in [-0.15, -0.1) is 0 Å². The first-order chi connectivity index (χ1) is 9.08. The van der Waals surface area contributed by atoms with Gasteiger partial charge in [0, 0.05) is 0 Å². The van der Waals surface area contributed by atoms with E-state index in [0.717, 1.165) is 0 Å². The molecule has 0 radical (unpaired) electrons. The van der Waals surface area contributed by atoms with Crippen LogP contribution in [0.5, 0.6) is 0 Å². The third-order valence-corrected chi connectivity index (χ3v) is 4.36. The molecule has 1 aliphatic carbocycles. The summed E-state index contributed by atoms with van der Waals surface area (Å²) in [5.41, 5.74) is 10.1. The van der Waals surface area contributed by atoms with Gasteiger partial charge in [0.05, 0.1) is 18.8 Å². The molecule has 2 nitrogen and oxygen atoms in total. The Kier molecular flexibility index (Phi) is 5.00. The van der Waals surface area contributed by atoms with Gasteiger partial charge in [-0.25, -0.2) is 0 Å². The molecule has 1 aromatic rings. The third-order valence-electron chi connectivity index (χ3n) is 4.36. The van der Waals surface area contributed by atoms with Gasteiger partial charge in [0.2, 0.25) is 0 Å². The highest BCUT2D eigenvalue weighted by Crippen LogP contribution is 2.27. The topological polar surface area (TPSA) is 35.2 Å². The highest BCUT2D eigenvalue weighted by molar-refractivity contribution is 5.32. The van der Waals surface area contributed by atoms with Crippen molar-refractivity contribution in [2.45, 2.75) is 58.6 Å². The molecule has 0 aromatic heterocycles. The van der Waals surface area contributed by atoms with Gasteiger partial charge in [-0.3, -0.25) is 0 Å². The lowest BCUT2D eigenvalue weighted by Gasteiger charge is -2.30. The van der Waals surface area contributed by atoms with E-state index in [1.165, 1.54) is 42.4 Å². The molecule has 1 fully saturated rings. The monoisotopic (exact) mass is 261 g/mol. The summed E-state index contributed by atoms with van der Waals surface area (Å²) in [4.78, 5) is 0. The minimum atomic E-state index is -0.00553. The molecular formula is C17H27NO. The molecule has 19 heavy (non-hydrogen) atoms. The smallest absolute Gasteiger partial charge is 0.0663 e. The average Bonchev–Trinajstić information content (AvgIpc) is 2.40. The van der Waals surface area contributed by atoms with Crippen LogP contribution in [0.25, 0.3) is 0 Å². The Bertz CT molecular complexity index is 416. The second-order valence-electron chi connectivity index (χ2n) is 6.10. The molecule has 0 saturated heterocycles. The van der Waals surface area contributed by atoms with Crippen molar-refractivity contribution in [3.8, 4) is 0 Å². The first-order valence-electron chi connectivity index (χ1n) is 7.52. The zero-order valence-electron chi connectivity index (χ0n) is 12.5. The molecule has 0 heterocycles. The van der Waals surface area contributed by atoms with Crippen LogP contribution in [0, 0.1) is 19.8 Å². The van der Waals surface area contributed by atoms with Gasteiger partial charge >= 0.3 is 0 Å². The number of aryl methyl sites for hydroxylation is 2. The second kappa shape index (κ2) is 6.53. The fraction of sp³-hybridized carbons (Fsp3) is 0.647. The molecular weight excluding hydrogens is 234 g/mol. The zero-order valence-corrected chi connectivity index (χ0v) is 12.5. The molecule has 0 spiro atoms. The van der Waals surface area contributed by atoms with Crippen molar-refractivity contribution >= 4 is 0 Å². The summed E-state index contributed by atoms with van der Waals surface area (Å²) in [6.07, 6.45) is 5.55. The average molecular weight is 261 g/mol. The van der Waals surface area contributed by atoms with Crippen LogP contribution in [0.2, 0.25) is 0 Å². The van der Waals surface area contributed by atoms with E-state index < -0.39 is 0 Å². The van der Waals surface area contributed by atoms with E-state index in [9.17, 15) is 0 Å². The number of ether oxygens (including phenoxy) is 1. The van der Waals surface area contributed by atoms with E-state index in [1.807, 2.05) is 0 Å². The fourth-order valence-electron chi connectivity index (χ4n) is 3.01. The highest BCUT2D eigenvalue weighted by atomic mass is 16.5. The Morgan fingerprint density at radius 2 is 2.00 bits per heavy atom. The minimum Gasteiger partial charge on any atom is -0.376 e. The summed E-state index contributed by atoms with van der Waals surface area (Å²) in [6.45, 7) is 7.17. The summed E-state index contributed by atoms with van der Waals surface area (Å²) < 4.78 is 6.08. The molecule has 0 bridgehead atoms. The molecule has 1 aliphatic rings. The maximum Gasteiger partial charge on any atom is 0.0663 e. The van der Waals surface area contributed by atoms with Crippen molar-refractivity contribution in [3.05, 3.63) is 34.9 Å². The maximum absolute atomic E-state index is 6.30. The summed E-state index contributed by atoms with van der Waals surface area (Å²) in [5.74, 6) is 0.680. The number of hydrogen-bond donors (Lipinski definition) is 1. The van der Waals surface area contributed by atoms with Crippen molar-refractivity contribution in [1.29, 1.82) is 0 Å². The van der Waals surface area contributed by atoms with E-state index in [1.54, 1.807) is 0 Å². The van der Waals surface area contributed by atoms with E-state index in [4.69, 9.17) is 10.5 Å². The van der Waals surface area contributed by atoms with Gasteiger partial charge in [0.15, 0.2) is 0 Å². The predicted molar refractivity (Wildman–Crippen MR) is 80.2 cm³/mol. The third kappa shape index (κ3) is 3.80. The molecule has 2 heteroatoms. The minimum absolute atomic E-state index is 0.00553. The van der Waals surface area contributed by atoms with Crippen LogP contribution in [-0.2, 0) is 4.74 Å². The molecule has 3 atom stereocenters. The number of rotatable bonds is 4. The van der Waals surface area contributed by atoms with Crippen LogP contribution in [0.15, 0.2) is 18.2 Å². The van der Waals surface area contributed by atoms with Crippen LogP contribution in [0.1, 0.15) is 55.3 Å². The Morgan fingerprint density at radius 1 is 1.26 bits per heavy atom. The summed E-state index contributed by atoms with van der Waals surface area (Å²) in [7, 11) is 0.